The van der Waals surface area contributed by atoms with Gasteiger partial charge in [0.2, 0.25) is 0 Å². The fourth-order valence-electron chi connectivity index (χ4n) is 2.42. The van der Waals surface area contributed by atoms with E-state index in [1.54, 1.807) is 23.1 Å². The SMILES string of the molecule is CSC1=N[C@H](c2cccs2)C(C(=O)Nc2ccccc2)=C(C)N1. The molecule has 0 bridgehead atoms. The Labute approximate surface area is 143 Å². The van der Waals surface area contributed by atoms with Gasteiger partial charge < -0.3 is 10.6 Å². The van der Waals surface area contributed by atoms with E-state index in [0.717, 1.165) is 21.4 Å². The number of nitrogens with one attached hydrogen (secondary N) is 2. The van der Waals surface area contributed by atoms with Crippen LogP contribution < -0.4 is 10.6 Å². The second-order valence-electron chi connectivity index (χ2n) is 5.04. The predicted molar refractivity (Wildman–Crippen MR) is 98.9 cm³/mol. The summed E-state index contributed by atoms with van der Waals surface area (Å²) in [5.74, 6) is -0.122. The summed E-state index contributed by atoms with van der Waals surface area (Å²) in [7, 11) is 0. The molecule has 0 fully saturated rings. The Morgan fingerprint density at radius 1 is 1.26 bits per heavy atom. The summed E-state index contributed by atoms with van der Waals surface area (Å²) in [6.07, 6.45) is 1.97. The van der Waals surface area contributed by atoms with Crippen LogP contribution in [0, 0.1) is 0 Å². The molecule has 2 heterocycles. The average molecular weight is 343 g/mol. The lowest BCUT2D eigenvalue weighted by atomic mass is 10.0. The summed E-state index contributed by atoms with van der Waals surface area (Å²) < 4.78 is 0. The van der Waals surface area contributed by atoms with E-state index in [-0.39, 0.29) is 11.9 Å². The summed E-state index contributed by atoms with van der Waals surface area (Å²) in [6, 6.07) is 13.2. The number of anilines is 1. The van der Waals surface area contributed by atoms with Gasteiger partial charge in [0.25, 0.3) is 5.91 Å². The number of amides is 1. The summed E-state index contributed by atoms with van der Waals surface area (Å²) >= 11 is 3.16. The highest BCUT2D eigenvalue weighted by Gasteiger charge is 2.29. The molecule has 118 valence electrons. The first-order valence-corrected chi connectivity index (χ1v) is 9.29. The van der Waals surface area contributed by atoms with Gasteiger partial charge in [-0.3, -0.25) is 4.79 Å². The van der Waals surface area contributed by atoms with Crippen molar-refractivity contribution >= 4 is 39.9 Å². The van der Waals surface area contributed by atoms with E-state index in [1.807, 2.05) is 61.0 Å². The Morgan fingerprint density at radius 3 is 2.70 bits per heavy atom. The lowest BCUT2D eigenvalue weighted by molar-refractivity contribution is -0.113. The number of allylic oxidation sites excluding steroid dienone is 1. The van der Waals surface area contributed by atoms with E-state index >= 15 is 0 Å². The maximum atomic E-state index is 12.8. The van der Waals surface area contributed by atoms with Crippen LogP contribution in [0.15, 0.2) is 64.1 Å². The van der Waals surface area contributed by atoms with Crippen molar-refractivity contribution < 1.29 is 4.79 Å². The van der Waals surface area contributed by atoms with E-state index in [2.05, 4.69) is 10.6 Å². The largest absolute Gasteiger partial charge is 0.338 e. The highest BCUT2D eigenvalue weighted by Crippen LogP contribution is 2.34. The third-order valence-corrected chi connectivity index (χ3v) is 5.02. The van der Waals surface area contributed by atoms with Crippen LogP contribution in [0.5, 0.6) is 0 Å². The minimum atomic E-state index is -0.262. The molecule has 23 heavy (non-hydrogen) atoms. The molecule has 1 aromatic heterocycles. The van der Waals surface area contributed by atoms with Crippen LogP contribution in [-0.2, 0) is 4.79 Å². The molecule has 0 saturated carbocycles. The molecule has 3 rings (SSSR count). The molecule has 2 aromatic rings. The summed E-state index contributed by atoms with van der Waals surface area (Å²) in [5.41, 5.74) is 2.28. The molecule has 4 nitrogen and oxygen atoms in total. The van der Waals surface area contributed by atoms with Crippen LogP contribution in [0.1, 0.15) is 17.8 Å². The second kappa shape index (κ2) is 7.02. The Balaban J connectivity index is 1.93. The zero-order chi connectivity index (χ0) is 16.2. The Hall–Kier alpha value is -2.05. The number of rotatable bonds is 3. The van der Waals surface area contributed by atoms with Gasteiger partial charge in [-0.2, -0.15) is 0 Å². The lowest BCUT2D eigenvalue weighted by Gasteiger charge is -2.25. The summed E-state index contributed by atoms with van der Waals surface area (Å²) in [6.45, 7) is 1.92. The van der Waals surface area contributed by atoms with Crippen molar-refractivity contribution in [2.75, 3.05) is 11.6 Å². The molecule has 0 aliphatic carbocycles. The summed E-state index contributed by atoms with van der Waals surface area (Å²) in [4.78, 5) is 18.6. The number of nitrogens with zero attached hydrogens (tertiary/aromatic N) is 1. The molecule has 1 amide bonds. The second-order valence-corrected chi connectivity index (χ2v) is 6.81. The van der Waals surface area contributed by atoms with Crippen molar-refractivity contribution in [2.24, 2.45) is 4.99 Å². The highest BCUT2D eigenvalue weighted by atomic mass is 32.2. The van der Waals surface area contributed by atoms with Gasteiger partial charge in [0, 0.05) is 16.3 Å². The van der Waals surface area contributed by atoms with Crippen LogP contribution in [0.25, 0.3) is 0 Å². The topological polar surface area (TPSA) is 53.5 Å². The first kappa shape index (κ1) is 15.8. The zero-order valence-electron chi connectivity index (χ0n) is 12.9. The standard InChI is InChI=1S/C17H17N3OS2/c1-11-14(16(21)19-12-7-4-3-5-8-12)15(13-9-6-10-23-13)20-17(18-11)22-2/h3-10,15H,1-2H3,(H,18,20)(H,19,21)/t15-/m1/s1. The van der Waals surface area contributed by atoms with Gasteiger partial charge in [0.05, 0.1) is 5.57 Å². The van der Waals surface area contributed by atoms with Crippen LogP contribution in [-0.4, -0.2) is 17.3 Å². The Bertz CT molecular complexity index is 751. The van der Waals surface area contributed by atoms with Gasteiger partial charge in [0.1, 0.15) is 6.04 Å². The zero-order valence-corrected chi connectivity index (χ0v) is 14.5. The van der Waals surface area contributed by atoms with Crippen LogP contribution >= 0.6 is 23.1 Å². The molecule has 0 unspecified atom stereocenters. The Kier molecular flexibility index (Phi) is 4.83. The number of benzene rings is 1. The number of carbonyl (C=O) groups is 1. The van der Waals surface area contributed by atoms with E-state index in [9.17, 15) is 4.79 Å². The smallest absolute Gasteiger partial charge is 0.255 e. The average Bonchev–Trinajstić information content (AvgIpc) is 3.09. The van der Waals surface area contributed by atoms with Crippen LogP contribution in [0.2, 0.25) is 0 Å². The molecule has 1 aromatic carbocycles. The monoisotopic (exact) mass is 343 g/mol. The van der Waals surface area contributed by atoms with Crippen molar-refractivity contribution in [1.29, 1.82) is 0 Å². The quantitative estimate of drug-likeness (QED) is 0.885. The van der Waals surface area contributed by atoms with Crippen molar-refractivity contribution in [3.63, 3.8) is 0 Å². The molecule has 0 saturated heterocycles. The molecule has 0 radical (unpaired) electrons. The first-order chi connectivity index (χ1) is 11.2. The summed E-state index contributed by atoms with van der Waals surface area (Å²) in [5, 5.41) is 9.01. The number of amidine groups is 1. The van der Waals surface area contributed by atoms with Crippen LogP contribution in [0.3, 0.4) is 0 Å². The van der Waals surface area contributed by atoms with Crippen molar-refractivity contribution in [3.05, 3.63) is 64.0 Å². The maximum Gasteiger partial charge on any atom is 0.255 e. The fraction of sp³-hybridized carbons (Fsp3) is 0.176. The van der Waals surface area contributed by atoms with E-state index in [4.69, 9.17) is 4.99 Å². The molecule has 6 heteroatoms. The fourth-order valence-corrected chi connectivity index (χ4v) is 3.65. The first-order valence-electron chi connectivity index (χ1n) is 7.18. The van der Waals surface area contributed by atoms with Crippen molar-refractivity contribution in [1.82, 2.24) is 5.32 Å². The Morgan fingerprint density at radius 2 is 2.04 bits per heavy atom. The lowest BCUT2D eigenvalue weighted by Crippen LogP contribution is -2.31. The van der Waals surface area contributed by atoms with Gasteiger partial charge in [-0.05, 0) is 36.8 Å². The molecule has 1 atom stereocenters. The van der Waals surface area contributed by atoms with E-state index in [0.29, 0.717) is 5.57 Å². The highest BCUT2D eigenvalue weighted by molar-refractivity contribution is 8.13. The third-order valence-electron chi connectivity index (χ3n) is 3.50. The van der Waals surface area contributed by atoms with E-state index < -0.39 is 0 Å². The maximum absolute atomic E-state index is 12.8. The molecule has 2 N–H and O–H groups in total. The number of para-hydroxylation sites is 1. The van der Waals surface area contributed by atoms with Crippen molar-refractivity contribution in [3.8, 4) is 0 Å². The molecular formula is C17H17N3OS2. The number of thioether (sulfide) groups is 1. The minimum absolute atomic E-state index is 0.122. The minimum Gasteiger partial charge on any atom is -0.338 e. The molecule has 0 spiro atoms. The van der Waals surface area contributed by atoms with Crippen LogP contribution in [0.4, 0.5) is 5.69 Å². The molecular weight excluding hydrogens is 326 g/mol. The molecule has 1 aliphatic rings. The van der Waals surface area contributed by atoms with Gasteiger partial charge in [-0.1, -0.05) is 36.0 Å². The number of thiophene rings is 1. The van der Waals surface area contributed by atoms with Gasteiger partial charge in [-0.15, -0.1) is 11.3 Å². The molecule has 1 aliphatic heterocycles. The van der Waals surface area contributed by atoms with Gasteiger partial charge in [0.15, 0.2) is 5.17 Å². The third kappa shape index (κ3) is 3.48. The number of aliphatic imine (C=N–C) groups is 1. The number of carbonyl (C=O) groups excluding carboxylic acids is 1. The van der Waals surface area contributed by atoms with Gasteiger partial charge >= 0.3 is 0 Å². The van der Waals surface area contributed by atoms with Gasteiger partial charge in [-0.25, -0.2) is 4.99 Å². The number of hydrogen-bond donors (Lipinski definition) is 2. The predicted octanol–water partition coefficient (Wildman–Crippen LogP) is 4.02. The normalized spacial score (nSPS) is 17.5. The van der Waals surface area contributed by atoms with E-state index in [1.165, 1.54) is 0 Å². The number of hydrogen-bond acceptors (Lipinski definition) is 5. The van der Waals surface area contributed by atoms with Crippen molar-refractivity contribution in [2.45, 2.75) is 13.0 Å².